The Balaban J connectivity index is 1.91. The molecule has 2 fully saturated rings. The summed E-state index contributed by atoms with van der Waals surface area (Å²) in [6.45, 7) is 3.88. The van der Waals surface area contributed by atoms with Crippen molar-refractivity contribution >= 4 is 0 Å². The lowest BCUT2D eigenvalue weighted by molar-refractivity contribution is -0.0661. The minimum absolute atomic E-state index is 0.0981. The summed E-state index contributed by atoms with van der Waals surface area (Å²) in [6, 6.07) is 0. The van der Waals surface area contributed by atoms with Gasteiger partial charge in [0.1, 0.15) is 0 Å². The molecule has 14 heavy (non-hydrogen) atoms. The summed E-state index contributed by atoms with van der Waals surface area (Å²) in [7, 11) is 0. The van der Waals surface area contributed by atoms with Crippen molar-refractivity contribution in [1.82, 2.24) is 0 Å². The Hall–Kier alpha value is -0.0800. The van der Waals surface area contributed by atoms with E-state index in [1.54, 1.807) is 0 Å². The lowest BCUT2D eigenvalue weighted by atomic mass is 9.73. The molecule has 1 N–H and O–H groups in total. The van der Waals surface area contributed by atoms with Crippen molar-refractivity contribution in [2.75, 3.05) is 13.2 Å². The summed E-state index contributed by atoms with van der Waals surface area (Å²) in [4.78, 5) is 0. The van der Waals surface area contributed by atoms with Crippen molar-refractivity contribution in [3.05, 3.63) is 0 Å². The molecule has 0 radical (unpaired) electrons. The molecular weight excluding hydrogens is 176 g/mol. The predicted octanol–water partition coefficient (Wildman–Crippen LogP) is 2.21. The van der Waals surface area contributed by atoms with Crippen LogP contribution in [0.15, 0.2) is 0 Å². The zero-order valence-electron chi connectivity index (χ0n) is 9.11. The molecule has 1 aliphatic carbocycles. The maximum absolute atomic E-state index is 9.93. The topological polar surface area (TPSA) is 29.5 Å². The Labute approximate surface area is 86.6 Å². The summed E-state index contributed by atoms with van der Waals surface area (Å²) in [5.41, 5.74) is 0. The fourth-order valence-corrected chi connectivity index (χ4v) is 3.07. The summed E-state index contributed by atoms with van der Waals surface area (Å²) in [5, 5.41) is 9.93. The third-order valence-electron chi connectivity index (χ3n) is 3.94. The Bertz CT molecular complexity index is 181. The molecule has 2 aliphatic rings. The average Bonchev–Trinajstić information content (AvgIpc) is 2.18. The van der Waals surface area contributed by atoms with Gasteiger partial charge in [-0.05, 0) is 31.1 Å². The van der Waals surface area contributed by atoms with Crippen molar-refractivity contribution in [3.8, 4) is 0 Å². The third-order valence-corrected chi connectivity index (χ3v) is 3.94. The standard InChI is InChI=1S/C12H22O2/c1-9-3-2-4-10(7-9)11-8-14-6-5-12(11)13/h9-13H,2-8H2,1H3. The maximum atomic E-state index is 9.93. The second-order valence-electron chi connectivity index (χ2n) is 5.13. The maximum Gasteiger partial charge on any atom is 0.0615 e. The van der Waals surface area contributed by atoms with Gasteiger partial charge in [-0.1, -0.05) is 19.8 Å². The smallest absolute Gasteiger partial charge is 0.0615 e. The SMILES string of the molecule is CC1CCCC(C2COCCC2O)C1. The molecule has 1 saturated heterocycles. The summed E-state index contributed by atoms with van der Waals surface area (Å²) in [5.74, 6) is 1.99. The highest BCUT2D eigenvalue weighted by Crippen LogP contribution is 2.36. The van der Waals surface area contributed by atoms with E-state index in [1.807, 2.05) is 0 Å². The lowest BCUT2D eigenvalue weighted by Gasteiger charge is -2.38. The van der Waals surface area contributed by atoms with Crippen LogP contribution in [0.2, 0.25) is 0 Å². The summed E-state index contributed by atoms with van der Waals surface area (Å²) in [6.07, 6.45) is 6.06. The molecule has 82 valence electrons. The van der Waals surface area contributed by atoms with Gasteiger partial charge < -0.3 is 9.84 Å². The molecule has 2 rings (SSSR count). The van der Waals surface area contributed by atoms with Crippen molar-refractivity contribution in [2.45, 2.75) is 45.1 Å². The van der Waals surface area contributed by atoms with Gasteiger partial charge in [0.25, 0.3) is 0 Å². The van der Waals surface area contributed by atoms with E-state index in [0.29, 0.717) is 11.8 Å². The van der Waals surface area contributed by atoms with Gasteiger partial charge in [0.2, 0.25) is 0 Å². The Morgan fingerprint density at radius 1 is 1.21 bits per heavy atom. The van der Waals surface area contributed by atoms with Crippen LogP contribution < -0.4 is 0 Å². The van der Waals surface area contributed by atoms with Crippen LogP contribution in [-0.4, -0.2) is 24.4 Å². The van der Waals surface area contributed by atoms with E-state index in [0.717, 1.165) is 25.6 Å². The molecule has 0 spiro atoms. The van der Waals surface area contributed by atoms with Gasteiger partial charge in [-0.3, -0.25) is 0 Å². The predicted molar refractivity (Wildman–Crippen MR) is 56.1 cm³/mol. The number of aliphatic hydroxyl groups excluding tert-OH is 1. The van der Waals surface area contributed by atoms with E-state index < -0.39 is 0 Å². The van der Waals surface area contributed by atoms with Crippen molar-refractivity contribution in [1.29, 1.82) is 0 Å². The minimum atomic E-state index is -0.0981. The fraction of sp³-hybridized carbons (Fsp3) is 1.00. The first-order valence-corrected chi connectivity index (χ1v) is 6.03. The molecule has 0 bridgehead atoms. The second kappa shape index (κ2) is 4.63. The highest BCUT2D eigenvalue weighted by Gasteiger charge is 2.33. The zero-order chi connectivity index (χ0) is 9.97. The average molecular weight is 198 g/mol. The molecule has 0 aromatic heterocycles. The Morgan fingerprint density at radius 3 is 2.79 bits per heavy atom. The van der Waals surface area contributed by atoms with E-state index >= 15 is 0 Å². The van der Waals surface area contributed by atoms with Gasteiger partial charge in [0.05, 0.1) is 12.7 Å². The molecule has 1 saturated carbocycles. The van der Waals surface area contributed by atoms with Crippen LogP contribution in [0.25, 0.3) is 0 Å². The summed E-state index contributed by atoms with van der Waals surface area (Å²) < 4.78 is 5.48. The van der Waals surface area contributed by atoms with Crippen molar-refractivity contribution in [2.24, 2.45) is 17.8 Å². The van der Waals surface area contributed by atoms with Gasteiger partial charge >= 0.3 is 0 Å². The van der Waals surface area contributed by atoms with Gasteiger partial charge in [-0.2, -0.15) is 0 Å². The zero-order valence-corrected chi connectivity index (χ0v) is 9.11. The molecule has 2 heteroatoms. The number of hydrogen-bond donors (Lipinski definition) is 1. The first-order chi connectivity index (χ1) is 6.77. The first kappa shape index (κ1) is 10.4. The van der Waals surface area contributed by atoms with Gasteiger partial charge in [0, 0.05) is 12.5 Å². The molecule has 1 heterocycles. The fourth-order valence-electron chi connectivity index (χ4n) is 3.07. The van der Waals surface area contributed by atoms with E-state index in [1.165, 1.54) is 25.7 Å². The lowest BCUT2D eigenvalue weighted by Crippen LogP contribution is -2.38. The van der Waals surface area contributed by atoms with E-state index in [9.17, 15) is 5.11 Å². The van der Waals surface area contributed by atoms with Gasteiger partial charge in [-0.15, -0.1) is 0 Å². The highest BCUT2D eigenvalue weighted by atomic mass is 16.5. The molecule has 1 aliphatic heterocycles. The number of hydrogen-bond acceptors (Lipinski definition) is 2. The van der Waals surface area contributed by atoms with Gasteiger partial charge in [-0.25, -0.2) is 0 Å². The second-order valence-corrected chi connectivity index (χ2v) is 5.13. The highest BCUT2D eigenvalue weighted by molar-refractivity contribution is 4.83. The van der Waals surface area contributed by atoms with Crippen LogP contribution in [-0.2, 0) is 4.74 Å². The molecule has 2 nitrogen and oxygen atoms in total. The third kappa shape index (κ3) is 2.29. The first-order valence-electron chi connectivity index (χ1n) is 6.03. The Kier molecular flexibility index (Phi) is 3.45. The molecular formula is C12H22O2. The van der Waals surface area contributed by atoms with Crippen LogP contribution in [0.4, 0.5) is 0 Å². The van der Waals surface area contributed by atoms with Crippen molar-refractivity contribution in [3.63, 3.8) is 0 Å². The largest absolute Gasteiger partial charge is 0.393 e. The van der Waals surface area contributed by atoms with E-state index in [2.05, 4.69) is 6.92 Å². The molecule has 0 aromatic rings. The number of ether oxygens (including phenoxy) is 1. The molecule has 4 unspecified atom stereocenters. The van der Waals surface area contributed by atoms with Crippen LogP contribution in [0.1, 0.15) is 39.0 Å². The molecule has 4 atom stereocenters. The normalized spacial score (nSPS) is 45.0. The van der Waals surface area contributed by atoms with E-state index in [4.69, 9.17) is 4.74 Å². The van der Waals surface area contributed by atoms with Crippen LogP contribution in [0.5, 0.6) is 0 Å². The Morgan fingerprint density at radius 2 is 2.07 bits per heavy atom. The number of aliphatic hydroxyl groups is 1. The van der Waals surface area contributed by atoms with Crippen LogP contribution in [0.3, 0.4) is 0 Å². The molecule has 0 amide bonds. The monoisotopic (exact) mass is 198 g/mol. The summed E-state index contributed by atoms with van der Waals surface area (Å²) >= 11 is 0. The molecule has 0 aromatic carbocycles. The van der Waals surface area contributed by atoms with Crippen LogP contribution in [0, 0.1) is 17.8 Å². The quantitative estimate of drug-likeness (QED) is 0.700. The van der Waals surface area contributed by atoms with Crippen molar-refractivity contribution < 1.29 is 9.84 Å². The number of rotatable bonds is 1. The van der Waals surface area contributed by atoms with Gasteiger partial charge in [0.15, 0.2) is 0 Å². The van der Waals surface area contributed by atoms with E-state index in [-0.39, 0.29) is 6.10 Å². The van der Waals surface area contributed by atoms with Crippen LogP contribution >= 0.6 is 0 Å². The minimum Gasteiger partial charge on any atom is -0.393 e.